The predicted octanol–water partition coefficient (Wildman–Crippen LogP) is 1.91. The molecule has 1 aromatic heterocycles. The van der Waals surface area contributed by atoms with Crippen molar-refractivity contribution in [2.24, 2.45) is 5.14 Å². The maximum atomic E-state index is 13.2. The number of halogens is 1. The predicted molar refractivity (Wildman–Crippen MR) is 92.7 cm³/mol. The van der Waals surface area contributed by atoms with Gasteiger partial charge in [-0.05, 0) is 30.3 Å². The number of hydrogen-bond donors (Lipinski definition) is 3. The zero-order valence-corrected chi connectivity index (χ0v) is 14.1. The Hall–Kier alpha value is -3.05. The Balaban J connectivity index is 1.75. The van der Waals surface area contributed by atoms with Crippen LogP contribution in [0.2, 0.25) is 0 Å². The highest BCUT2D eigenvalue weighted by Gasteiger charge is 2.18. The first-order chi connectivity index (χ1) is 12.2. The summed E-state index contributed by atoms with van der Waals surface area (Å²) in [7, 11) is -4.04. The van der Waals surface area contributed by atoms with E-state index in [0.29, 0.717) is 23.3 Å². The van der Waals surface area contributed by atoms with Crippen molar-refractivity contribution in [2.45, 2.75) is 11.3 Å². The van der Waals surface area contributed by atoms with Gasteiger partial charge >= 0.3 is 0 Å². The molecule has 0 saturated carbocycles. The molecule has 0 aliphatic carbocycles. The van der Waals surface area contributed by atoms with E-state index in [-0.39, 0.29) is 22.9 Å². The molecule has 11 heteroatoms. The molecule has 0 spiro atoms. The van der Waals surface area contributed by atoms with E-state index in [1.807, 2.05) is 0 Å². The number of nitrogens with one attached hydrogen (secondary N) is 2. The second-order valence-corrected chi connectivity index (χ2v) is 7.06. The number of fused-ring (bicyclic) bond motifs is 1. The second-order valence-electron chi connectivity index (χ2n) is 5.50. The number of nitrogens with two attached hydrogens (primary N) is 1. The summed E-state index contributed by atoms with van der Waals surface area (Å²) in [5.41, 5.74) is 0.932. The third-order valence-corrected chi connectivity index (χ3v) is 4.58. The summed E-state index contributed by atoms with van der Waals surface area (Å²) in [5.74, 6) is 0.207. The lowest BCUT2D eigenvalue weighted by Crippen LogP contribution is -2.13. The van der Waals surface area contributed by atoms with Crippen LogP contribution in [-0.2, 0) is 16.4 Å². The van der Waals surface area contributed by atoms with Crippen molar-refractivity contribution >= 4 is 32.4 Å². The van der Waals surface area contributed by atoms with Gasteiger partial charge < -0.3 is 10.3 Å². The number of aromatic nitrogens is 2. The van der Waals surface area contributed by atoms with E-state index in [0.717, 1.165) is 6.07 Å². The van der Waals surface area contributed by atoms with Crippen LogP contribution in [0.1, 0.15) is 5.82 Å². The summed E-state index contributed by atoms with van der Waals surface area (Å²) >= 11 is 0. The first kappa shape index (κ1) is 17.8. The van der Waals surface area contributed by atoms with E-state index in [2.05, 4.69) is 15.3 Å². The van der Waals surface area contributed by atoms with Crippen LogP contribution < -0.4 is 10.5 Å². The Bertz CT molecular complexity index is 1100. The van der Waals surface area contributed by atoms with Crippen LogP contribution in [0, 0.1) is 15.9 Å². The fourth-order valence-corrected chi connectivity index (χ4v) is 2.99. The zero-order valence-electron chi connectivity index (χ0n) is 13.3. The third-order valence-electron chi connectivity index (χ3n) is 3.66. The maximum absolute atomic E-state index is 13.2. The zero-order chi connectivity index (χ0) is 18.9. The van der Waals surface area contributed by atoms with Crippen LogP contribution in [0.3, 0.4) is 0 Å². The first-order valence-corrected chi connectivity index (χ1v) is 8.98. The minimum atomic E-state index is -4.04. The van der Waals surface area contributed by atoms with Gasteiger partial charge in [0.1, 0.15) is 17.3 Å². The van der Waals surface area contributed by atoms with Crippen molar-refractivity contribution in [3.63, 3.8) is 0 Å². The quantitative estimate of drug-likeness (QED) is 0.441. The molecule has 0 radical (unpaired) electrons. The lowest BCUT2D eigenvalue weighted by molar-refractivity contribution is -0.384. The van der Waals surface area contributed by atoms with Gasteiger partial charge in [0.05, 0.1) is 20.9 Å². The van der Waals surface area contributed by atoms with Crippen LogP contribution >= 0.6 is 0 Å². The Morgan fingerprint density at radius 2 is 2.04 bits per heavy atom. The molecular weight excluding hydrogens is 365 g/mol. The van der Waals surface area contributed by atoms with Crippen molar-refractivity contribution in [1.29, 1.82) is 0 Å². The number of aromatic amines is 1. The average Bonchev–Trinajstić information content (AvgIpc) is 2.95. The van der Waals surface area contributed by atoms with Crippen molar-refractivity contribution in [3.8, 4) is 0 Å². The number of sulfonamides is 1. The van der Waals surface area contributed by atoms with Gasteiger partial charge in [0.2, 0.25) is 10.0 Å². The summed E-state index contributed by atoms with van der Waals surface area (Å²) in [6, 6.07) is 7.56. The fourth-order valence-electron chi connectivity index (χ4n) is 2.46. The number of imidazole rings is 1. The van der Waals surface area contributed by atoms with Gasteiger partial charge in [0.25, 0.3) is 5.69 Å². The van der Waals surface area contributed by atoms with Gasteiger partial charge in [-0.2, -0.15) is 0 Å². The number of nitro groups is 1. The van der Waals surface area contributed by atoms with E-state index in [4.69, 9.17) is 5.14 Å². The van der Waals surface area contributed by atoms with Gasteiger partial charge in [0, 0.05) is 19.0 Å². The molecule has 0 unspecified atom stereocenters. The molecule has 0 amide bonds. The molecule has 0 aliphatic heterocycles. The molecule has 0 atom stereocenters. The number of H-pyrrole nitrogens is 1. The molecule has 0 fully saturated rings. The lowest BCUT2D eigenvalue weighted by Gasteiger charge is -2.07. The smallest absolute Gasteiger partial charge is 0.293 e. The van der Waals surface area contributed by atoms with Crippen LogP contribution in [0.15, 0.2) is 41.3 Å². The van der Waals surface area contributed by atoms with E-state index in [1.54, 1.807) is 6.07 Å². The number of hydrogen-bond acceptors (Lipinski definition) is 6. The topological polar surface area (TPSA) is 144 Å². The fraction of sp³-hybridized carbons (Fsp3) is 0.133. The largest absolute Gasteiger partial charge is 0.379 e. The second kappa shape index (κ2) is 6.69. The van der Waals surface area contributed by atoms with Gasteiger partial charge in [-0.3, -0.25) is 10.1 Å². The number of nitro benzene ring substituents is 1. The van der Waals surface area contributed by atoms with Crippen LogP contribution in [-0.4, -0.2) is 29.9 Å². The van der Waals surface area contributed by atoms with E-state index in [1.165, 1.54) is 24.3 Å². The van der Waals surface area contributed by atoms with Gasteiger partial charge in [-0.25, -0.2) is 22.9 Å². The number of nitrogens with zero attached hydrogens (tertiary/aromatic N) is 2. The maximum Gasteiger partial charge on any atom is 0.293 e. The molecule has 3 rings (SSSR count). The average molecular weight is 379 g/mol. The van der Waals surface area contributed by atoms with Crippen LogP contribution in [0.5, 0.6) is 0 Å². The summed E-state index contributed by atoms with van der Waals surface area (Å²) in [4.78, 5) is 17.4. The van der Waals surface area contributed by atoms with E-state index >= 15 is 0 Å². The normalized spacial score (nSPS) is 11.6. The molecule has 4 N–H and O–H groups in total. The van der Waals surface area contributed by atoms with Gasteiger partial charge in [-0.1, -0.05) is 0 Å². The highest BCUT2D eigenvalue weighted by molar-refractivity contribution is 7.89. The van der Waals surface area contributed by atoms with Gasteiger partial charge in [0.15, 0.2) is 0 Å². The van der Waals surface area contributed by atoms with E-state index < -0.39 is 20.6 Å². The van der Waals surface area contributed by atoms with Crippen LogP contribution in [0.25, 0.3) is 11.0 Å². The minimum absolute atomic E-state index is 0.157. The highest BCUT2D eigenvalue weighted by atomic mass is 32.2. The molecule has 2 aromatic carbocycles. The summed E-state index contributed by atoms with van der Waals surface area (Å²) in [5, 5.41) is 19.0. The molecule has 26 heavy (non-hydrogen) atoms. The number of benzene rings is 2. The summed E-state index contributed by atoms with van der Waals surface area (Å²) in [6.45, 7) is 0.290. The minimum Gasteiger partial charge on any atom is -0.379 e. The molecule has 9 nitrogen and oxygen atoms in total. The van der Waals surface area contributed by atoms with E-state index in [9.17, 15) is 22.9 Å². The van der Waals surface area contributed by atoms with Gasteiger partial charge in [-0.15, -0.1) is 0 Å². The Morgan fingerprint density at radius 3 is 2.73 bits per heavy atom. The SMILES string of the molecule is NS(=O)(=O)c1ccc(NCCc2nc3ccc(F)cc3[nH]2)c([N+](=O)[O-])c1. The molecule has 3 aromatic rings. The molecule has 0 saturated heterocycles. The van der Waals surface area contributed by atoms with Crippen molar-refractivity contribution in [1.82, 2.24) is 9.97 Å². The monoisotopic (exact) mass is 379 g/mol. The molecule has 136 valence electrons. The highest BCUT2D eigenvalue weighted by Crippen LogP contribution is 2.27. The number of rotatable bonds is 6. The summed E-state index contributed by atoms with van der Waals surface area (Å²) in [6.07, 6.45) is 0.393. The third kappa shape index (κ3) is 3.78. The first-order valence-electron chi connectivity index (χ1n) is 7.43. The molecular formula is C15H14FN5O4S. The lowest BCUT2D eigenvalue weighted by atomic mass is 10.2. The number of anilines is 1. The Labute approximate surface area is 147 Å². The molecule has 0 bridgehead atoms. The van der Waals surface area contributed by atoms with Crippen molar-refractivity contribution in [3.05, 3.63) is 58.2 Å². The van der Waals surface area contributed by atoms with Crippen LogP contribution in [0.4, 0.5) is 15.8 Å². The Kier molecular flexibility index (Phi) is 4.57. The summed E-state index contributed by atoms with van der Waals surface area (Å²) < 4.78 is 35.8. The standard InChI is InChI=1S/C15H14FN5O4S/c16-9-1-3-11-13(7-9)20-15(19-11)5-6-18-12-4-2-10(26(17,24)25)8-14(12)21(22)23/h1-4,7-8,18H,5-6H2,(H,19,20)(H2,17,24,25). The molecule has 1 heterocycles. The number of primary sulfonamides is 1. The molecule has 0 aliphatic rings. The van der Waals surface area contributed by atoms with Crippen molar-refractivity contribution in [2.75, 3.05) is 11.9 Å². The van der Waals surface area contributed by atoms with Crippen molar-refractivity contribution < 1.29 is 17.7 Å². The Morgan fingerprint density at radius 1 is 1.27 bits per heavy atom.